The number of fused-ring (bicyclic) bond motifs is 1. The summed E-state index contributed by atoms with van der Waals surface area (Å²) in [7, 11) is 0. The monoisotopic (exact) mass is 599 g/mol. The summed E-state index contributed by atoms with van der Waals surface area (Å²) in [6.45, 7) is 4.42. The first-order valence-electron chi connectivity index (χ1n) is 14.8. The molecule has 0 radical (unpaired) electrons. The van der Waals surface area contributed by atoms with E-state index in [0.717, 1.165) is 31.4 Å². The Kier molecular flexibility index (Phi) is 6.11. The molecule has 42 heavy (non-hydrogen) atoms. The van der Waals surface area contributed by atoms with Gasteiger partial charge in [0.15, 0.2) is 10.9 Å². The van der Waals surface area contributed by atoms with Gasteiger partial charge in [0, 0.05) is 33.1 Å². The van der Waals surface area contributed by atoms with Gasteiger partial charge in [-0.05, 0) is 74.3 Å². The molecule has 3 fully saturated rings. The molecule has 0 aliphatic heterocycles. The zero-order chi connectivity index (χ0) is 29.8. The summed E-state index contributed by atoms with van der Waals surface area (Å²) in [6, 6.07) is 4.74. The lowest BCUT2D eigenvalue weighted by atomic mass is 9.32. The van der Waals surface area contributed by atoms with Gasteiger partial charge in [0.1, 0.15) is 6.33 Å². The standard InChI is InChI=1S/C32H36F3N3O3S/c1-27-9-6-21(39)15-29(27)12-13-31(22(16-29)25(40)19-4-3-5-20(14-19)32(33,34)35)23(27)7-10-28(2)24(31)8-11-30(28,41)17-42-26-36-18-37-38-26/h3-5,12-14,16,18,21,23-24,39,41H,6-11,15,17H2,1-2H3,(H,36,37,38). The molecular formula is C32H36F3N3O3S. The highest BCUT2D eigenvalue weighted by molar-refractivity contribution is 7.99. The second kappa shape index (κ2) is 9.05. The Bertz CT molecular complexity index is 1490. The van der Waals surface area contributed by atoms with Crippen molar-refractivity contribution >= 4 is 17.5 Å². The maximum absolute atomic E-state index is 14.5. The van der Waals surface area contributed by atoms with Gasteiger partial charge in [-0.2, -0.15) is 18.3 Å². The number of ketones is 1. The third-order valence-electron chi connectivity index (χ3n) is 12.2. The summed E-state index contributed by atoms with van der Waals surface area (Å²) in [4.78, 5) is 18.7. The number of Topliss-reactive ketones (excluding diaryl/α,β-unsaturated/α-hetero) is 1. The number of aromatic amines is 1. The number of nitrogens with zero attached hydrogens (tertiary/aromatic N) is 2. The van der Waals surface area contributed by atoms with E-state index in [-0.39, 0.29) is 28.6 Å². The van der Waals surface area contributed by atoms with Gasteiger partial charge in [0.25, 0.3) is 0 Å². The van der Waals surface area contributed by atoms with Gasteiger partial charge in [0.05, 0.1) is 17.3 Å². The van der Waals surface area contributed by atoms with E-state index in [9.17, 15) is 28.2 Å². The number of alkyl halides is 3. The highest BCUT2D eigenvalue weighted by Crippen LogP contribution is 2.78. The molecule has 0 amide bonds. The van der Waals surface area contributed by atoms with Crippen LogP contribution in [0.5, 0.6) is 0 Å². The SMILES string of the molecule is CC12CCC(O)CC13C=CC1(C(C(=O)c4cccc(C(F)(F)F)c4)=C3)C2CCC2(C)C1CCC2(O)CSc1ncn[nH]1. The van der Waals surface area contributed by atoms with Crippen molar-refractivity contribution < 1.29 is 28.2 Å². The molecule has 10 heteroatoms. The number of halogens is 3. The number of aliphatic hydroxyl groups is 2. The van der Waals surface area contributed by atoms with E-state index < -0.39 is 39.7 Å². The molecule has 6 nitrogen and oxygen atoms in total. The number of benzene rings is 1. The summed E-state index contributed by atoms with van der Waals surface area (Å²) >= 11 is 1.43. The average molecular weight is 600 g/mol. The zero-order valence-electron chi connectivity index (χ0n) is 23.7. The van der Waals surface area contributed by atoms with E-state index >= 15 is 0 Å². The fourth-order valence-corrected chi connectivity index (χ4v) is 11.1. The minimum atomic E-state index is -4.56. The van der Waals surface area contributed by atoms with Gasteiger partial charge < -0.3 is 10.2 Å². The van der Waals surface area contributed by atoms with Crippen LogP contribution >= 0.6 is 11.8 Å². The molecule has 0 saturated heterocycles. The smallest absolute Gasteiger partial charge is 0.393 e. The number of carbonyl (C=O) groups excluding carboxylic acids is 1. The van der Waals surface area contributed by atoms with Gasteiger partial charge >= 0.3 is 6.18 Å². The van der Waals surface area contributed by atoms with Crippen molar-refractivity contribution in [2.75, 3.05) is 5.75 Å². The van der Waals surface area contributed by atoms with Gasteiger partial charge in [-0.1, -0.05) is 56.0 Å². The predicted molar refractivity (Wildman–Crippen MR) is 151 cm³/mol. The van der Waals surface area contributed by atoms with E-state index in [1.165, 1.54) is 30.2 Å². The number of carbonyl (C=O) groups is 1. The van der Waals surface area contributed by atoms with Crippen molar-refractivity contribution in [1.29, 1.82) is 0 Å². The lowest BCUT2D eigenvalue weighted by Crippen LogP contribution is -2.67. The van der Waals surface area contributed by atoms with Crippen molar-refractivity contribution in [3.63, 3.8) is 0 Å². The number of H-pyrrole nitrogens is 1. The number of aliphatic hydroxyl groups excluding tert-OH is 1. The molecule has 3 saturated carbocycles. The number of hydrogen-bond acceptors (Lipinski definition) is 6. The Morgan fingerprint density at radius 1 is 1.10 bits per heavy atom. The maximum Gasteiger partial charge on any atom is 0.416 e. The highest BCUT2D eigenvalue weighted by Gasteiger charge is 2.74. The van der Waals surface area contributed by atoms with E-state index in [1.54, 1.807) is 0 Å². The number of aromatic nitrogens is 3. The minimum Gasteiger partial charge on any atom is -0.393 e. The minimum absolute atomic E-state index is 0.0287. The predicted octanol–water partition coefficient (Wildman–Crippen LogP) is 6.39. The Labute approximate surface area is 247 Å². The molecule has 8 unspecified atom stereocenters. The first kappa shape index (κ1) is 28.3. The first-order valence-corrected chi connectivity index (χ1v) is 15.8. The van der Waals surface area contributed by atoms with Gasteiger partial charge in [0.2, 0.25) is 0 Å². The molecule has 3 N–H and O–H groups in total. The van der Waals surface area contributed by atoms with E-state index in [0.29, 0.717) is 42.2 Å². The van der Waals surface area contributed by atoms with Crippen molar-refractivity contribution in [3.05, 3.63) is 65.5 Å². The topological polar surface area (TPSA) is 99.1 Å². The van der Waals surface area contributed by atoms with Crippen LogP contribution in [-0.4, -0.2) is 48.6 Å². The molecule has 2 spiro atoms. The van der Waals surface area contributed by atoms with Crippen LogP contribution in [0.15, 0.2) is 59.6 Å². The Morgan fingerprint density at radius 3 is 2.57 bits per heavy atom. The van der Waals surface area contributed by atoms with Crippen LogP contribution in [-0.2, 0) is 6.18 Å². The quantitative estimate of drug-likeness (QED) is 0.209. The number of nitrogens with one attached hydrogen (secondary N) is 1. The number of thioether (sulfide) groups is 1. The molecule has 1 aromatic carbocycles. The Hall–Kier alpha value is -2.43. The Balaban J connectivity index is 1.36. The summed E-state index contributed by atoms with van der Waals surface area (Å²) in [6.07, 6.45) is 7.58. The zero-order valence-corrected chi connectivity index (χ0v) is 24.6. The molecule has 8 atom stereocenters. The van der Waals surface area contributed by atoms with Crippen LogP contribution in [0.4, 0.5) is 13.2 Å². The fraction of sp³-hybridized carbons (Fsp3) is 0.594. The van der Waals surface area contributed by atoms with Gasteiger partial charge in [-0.15, -0.1) is 0 Å². The maximum atomic E-state index is 14.5. The van der Waals surface area contributed by atoms with Crippen LogP contribution in [0, 0.1) is 33.5 Å². The van der Waals surface area contributed by atoms with Crippen molar-refractivity contribution in [2.24, 2.45) is 33.5 Å². The molecule has 8 rings (SSSR count). The fourth-order valence-electron chi connectivity index (χ4n) is 10.0. The molecule has 6 aliphatic carbocycles. The lowest BCUT2D eigenvalue weighted by Gasteiger charge is -2.71. The molecule has 224 valence electrons. The molecule has 1 aromatic heterocycles. The molecule has 1 heterocycles. The Morgan fingerprint density at radius 2 is 1.83 bits per heavy atom. The summed E-state index contributed by atoms with van der Waals surface area (Å²) < 4.78 is 41.1. The summed E-state index contributed by atoms with van der Waals surface area (Å²) in [5, 5.41) is 30.5. The van der Waals surface area contributed by atoms with Gasteiger partial charge in [-0.25, -0.2) is 4.98 Å². The van der Waals surface area contributed by atoms with E-state index in [4.69, 9.17) is 0 Å². The lowest BCUT2D eigenvalue weighted by molar-refractivity contribution is -0.166. The molecule has 2 bridgehead atoms. The second-order valence-corrected chi connectivity index (χ2v) is 14.8. The van der Waals surface area contributed by atoms with Crippen molar-refractivity contribution in [1.82, 2.24) is 15.2 Å². The van der Waals surface area contributed by atoms with Crippen LogP contribution in [0.3, 0.4) is 0 Å². The summed E-state index contributed by atoms with van der Waals surface area (Å²) in [5.74, 6) is 0.0313. The third kappa shape index (κ3) is 3.63. The van der Waals surface area contributed by atoms with Gasteiger partial charge in [-0.3, -0.25) is 9.89 Å². The highest BCUT2D eigenvalue weighted by atomic mass is 32.2. The van der Waals surface area contributed by atoms with Crippen LogP contribution in [0.1, 0.15) is 74.7 Å². The van der Waals surface area contributed by atoms with E-state index in [1.807, 2.05) is 6.08 Å². The molecule has 6 aliphatic rings. The first-order chi connectivity index (χ1) is 19.8. The van der Waals surface area contributed by atoms with Crippen LogP contribution in [0.25, 0.3) is 0 Å². The van der Waals surface area contributed by atoms with Crippen LogP contribution in [0.2, 0.25) is 0 Å². The summed E-state index contributed by atoms with van der Waals surface area (Å²) in [5.41, 5.74) is -3.31. The second-order valence-electron chi connectivity index (χ2n) is 13.8. The number of rotatable bonds is 5. The van der Waals surface area contributed by atoms with Crippen molar-refractivity contribution in [3.8, 4) is 0 Å². The number of allylic oxidation sites excluding steroid dienone is 4. The van der Waals surface area contributed by atoms with Crippen LogP contribution < -0.4 is 0 Å². The van der Waals surface area contributed by atoms with Crippen molar-refractivity contribution in [2.45, 2.75) is 81.8 Å². The normalized spacial score (nSPS) is 42.1. The average Bonchev–Trinajstić information content (AvgIpc) is 3.57. The largest absolute Gasteiger partial charge is 0.416 e. The molecular weight excluding hydrogens is 563 g/mol. The molecule has 2 aromatic rings. The number of hydrogen-bond donors (Lipinski definition) is 3. The van der Waals surface area contributed by atoms with E-state index in [2.05, 4.69) is 41.2 Å². The third-order valence-corrected chi connectivity index (χ3v) is 13.3.